The molecule has 3 unspecified atom stereocenters. The molecule has 138 valence electrons. The highest BCUT2D eigenvalue weighted by Crippen LogP contribution is 2.72. The molecule has 6 rings (SSSR count). The van der Waals surface area contributed by atoms with Crippen molar-refractivity contribution in [3.8, 4) is 0 Å². The van der Waals surface area contributed by atoms with Crippen LogP contribution in [0, 0.1) is 40.9 Å². The van der Waals surface area contributed by atoms with Crippen LogP contribution in [0.2, 0.25) is 0 Å². The minimum atomic E-state index is -0.330. The van der Waals surface area contributed by atoms with Crippen LogP contribution in [-0.2, 0) is 9.53 Å². The van der Waals surface area contributed by atoms with Gasteiger partial charge in [-0.15, -0.1) is 0 Å². The summed E-state index contributed by atoms with van der Waals surface area (Å²) in [5.74, 6) is 4.33. The first kappa shape index (κ1) is 15.5. The van der Waals surface area contributed by atoms with Gasteiger partial charge in [0.05, 0.1) is 5.71 Å². The second-order valence-electron chi connectivity index (χ2n) is 9.87. The Kier molecular flexibility index (Phi) is 2.87. The molecule has 0 bridgehead atoms. The van der Waals surface area contributed by atoms with Gasteiger partial charge in [-0.3, -0.25) is 0 Å². The summed E-state index contributed by atoms with van der Waals surface area (Å²) >= 11 is 0. The van der Waals surface area contributed by atoms with E-state index >= 15 is 0 Å². The van der Waals surface area contributed by atoms with E-state index in [0.717, 1.165) is 48.6 Å². The Morgan fingerprint density at radius 2 is 2.08 bits per heavy atom. The van der Waals surface area contributed by atoms with Gasteiger partial charge in [-0.05, 0) is 92.6 Å². The van der Waals surface area contributed by atoms with Crippen LogP contribution < -0.4 is 0 Å². The summed E-state index contributed by atoms with van der Waals surface area (Å²) in [4.78, 5) is 11.9. The van der Waals surface area contributed by atoms with Crippen LogP contribution in [0.25, 0.3) is 0 Å². The molecule has 1 spiro atoms. The number of esters is 1. The smallest absolute Gasteiger partial charge is 0.331 e. The molecular weight excluding hydrogens is 326 g/mol. The standard InChI is InChI=1S/C22H27NO3/c1-21-7-4-14-13-3-2-12(23-25)10-15(13)16-11-17(16)20(14)18(21)5-8-22(21)9-6-19(24)26-22/h6,9-10,13-14,16-18,20,25H,2-5,7-8,11H2,1H3/b23-12+/t13-,14?,16-,17-,18?,20?,21+,22-/m1/s1. The largest absolute Gasteiger partial charge is 0.451 e. The van der Waals surface area contributed by atoms with E-state index in [-0.39, 0.29) is 17.0 Å². The van der Waals surface area contributed by atoms with Gasteiger partial charge in [-0.2, -0.15) is 0 Å². The van der Waals surface area contributed by atoms with Crippen molar-refractivity contribution >= 4 is 11.7 Å². The van der Waals surface area contributed by atoms with Gasteiger partial charge in [-0.25, -0.2) is 4.79 Å². The van der Waals surface area contributed by atoms with Gasteiger partial charge in [-0.1, -0.05) is 17.7 Å². The first-order valence-electron chi connectivity index (χ1n) is 10.4. The van der Waals surface area contributed by atoms with E-state index in [9.17, 15) is 10.0 Å². The fourth-order valence-corrected chi connectivity index (χ4v) is 8.02. The Morgan fingerprint density at radius 3 is 2.85 bits per heavy atom. The molecule has 1 N–H and O–H groups in total. The van der Waals surface area contributed by atoms with Crippen molar-refractivity contribution in [1.82, 2.24) is 0 Å². The summed E-state index contributed by atoms with van der Waals surface area (Å²) < 4.78 is 5.94. The number of ether oxygens (including phenoxy) is 1. The first-order valence-corrected chi connectivity index (χ1v) is 10.4. The van der Waals surface area contributed by atoms with Crippen molar-refractivity contribution in [3.63, 3.8) is 0 Å². The summed E-state index contributed by atoms with van der Waals surface area (Å²) in [6.07, 6.45) is 14.0. The number of hydrogen-bond donors (Lipinski definition) is 1. The lowest BCUT2D eigenvalue weighted by atomic mass is 9.50. The lowest BCUT2D eigenvalue weighted by Gasteiger charge is -2.55. The molecule has 0 amide bonds. The molecule has 0 aromatic carbocycles. The van der Waals surface area contributed by atoms with Crippen molar-refractivity contribution in [2.75, 3.05) is 0 Å². The maximum Gasteiger partial charge on any atom is 0.331 e. The van der Waals surface area contributed by atoms with Crippen LogP contribution in [-0.4, -0.2) is 22.5 Å². The Hall–Kier alpha value is -1.58. The topological polar surface area (TPSA) is 58.9 Å². The highest BCUT2D eigenvalue weighted by Gasteiger charge is 2.69. The monoisotopic (exact) mass is 353 g/mol. The maximum atomic E-state index is 11.9. The third-order valence-electron chi connectivity index (χ3n) is 9.22. The van der Waals surface area contributed by atoms with E-state index in [1.165, 1.54) is 25.7 Å². The number of carbonyl (C=O) groups excluding carboxylic acids is 1. The van der Waals surface area contributed by atoms with Crippen LogP contribution in [0.15, 0.2) is 29.0 Å². The molecule has 1 heterocycles. The van der Waals surface area contributed by atoms with Crippen LogP contribution >= 0.6 is 0 Å². The maximum absolute atomic E-state index is 11.9. The van der Waals surface area contributed by atoms with Gasteiger partial charge in [0.1, 0.15) is 5.60 Å². The number of nitrogens with zero attached hydrogens (tertiary/aromatic N) is 1. The van der Waals surface area contributed by atoms with Gasteiger partial charge in [0.25, 0.3) is 0 Å². The summed E-state index contributed by atoms with van der Waals surface area (Å²) in [5.41, 5.74) is 2.25. The third kappa shape index (κ3) is 1.72. The minimum absolute atomic E-state index is 0.109. The summed E-state index contributed by atoms with van der Waals surface area (Å²) in [6.45, 7) is 2.41. The number of oxime groups is 1. The van der Waals surface area contributed by atoms with Gasteiger partial charge in [0.2, 0.25) is 0 Å². The molecule has 4 heteroatoms. The second-order valence-corrected chi connectivity index (χ2v) is 9.87. The summed E-state index contributed by atoms with van der Waals surface area (Å²) in [6, 6.07) is 0. The van der Waals surface area contributed by atoms with Crippen molar-refractivity contribution in [2.45, 2.75) is 57.5 Å². The van der Waals surface area contributed by atoms with Crippen LogP contribution in [0.1, 0.15) is 51.9 Å². The average molecular weight is 353 g/mol. The fourth-order valence-electron chi connectivity index (χ4n) is 8.02. The lowest BCUT2D eigenvalue weighted by molar-refractivity contribution is -0.161. The van der Waals surface area contributed by atoms with Gasteiger partial charge < -0.3 is 9.94 Å². The third-order valence-corrected chi connectivity index (χ3v) is 9.22. The van der Waals surface area contributed by atoms with Crippen LogP contribution in [0.3, 0.4) is 0 Å². The van der Waals surface area contributed by atoms with Gasteiger partial charge in [0, 0.05) is 11.5 Å². The number of hydrogen-bond acceptors (Lipinski definition) is 4. The van der Waals surface area contributed by atoms with Crippen molar-refractivity contribution in [2.24, 2.45) is 46.1 Å². The van der Waals surface area contributed by atoms with E-state index in [4.69, 9.17) is 4.74 Å². The molecule has 0 radical (unpaired) electrons. The highest BCUT2D eigenvalue weighted by molar-refractivity contribution is 5.96. The van der Waals surface area contributed by atoms with E-state index in [0.29, 0.717) is 11.8 Å². The highest BCUT2D eigenvalue weighted by atomic mass is 16.6. The quantitative estimate of drug-likeness (QED) is 0.405. The van der Waals surface area contributed by atoms with Gasteiger partial charge in [0.15, 0.2) is 0 Å². The van der Waals surface area contributed by atoms with E-state index in [2.05, 4.69) is 24.2 Å². The molecule has 1 aliphatic heterocycles. The summed E-state index contributed by atoms with van der Waals surface area (Å²) in [7, 11) is 0. The minimum Gasteiger partial charge on any atom is -0.451 e. The Balaban J connectivity index is 1.37. The van der Waals surface area contributed by atoms with E-state index in [1.54, 1.807) is 11.6 Å². The van der Waals surface area contributed by atoms with Crippen molar-refractivity contribution < 1.29 is 14.7 Å². The normalized spacial score (nSPS) is 55.0. The van der Waals surface area contributed by atoms with Crippen LogP contribution in [0.4, 0.5) is 0 Å². The zero-order valence-electron chi connectivity index (χ0n) is 15.4. The molecular formula is C22H27NO3. The predicted octanol–water partition coefficient (Wildman–Crippen LogP) is 4.10. The molecule has 5 aliphatic carbocycles. The van der Waals surface area contributed by atoms with Crippen LogP contribution in [0.5, 0.6) is 0 Å². The molecule has 6 aliphatic rings. The van der Waals surface area contributed by atoms with Gasteiger partial charge >= 0.3 is 5.97 Å². The SMILES string of the molecule is C[C@]12CCC3C(C1CC[C@@]21C=CC(=O)O1)[C@@H]1C[C@@H]1C1=C/C(=N/O)CC[C@@H]13. The predicted molar refractivity (Wildman–Crippen MR) is 96.6 cm³/mol. The Morgan fingerprint density at radius 1 is 1.19 bits per heavy atom. The number of carbonyl (C=O) groups is 1. The number of fused-ring (bicyclic) bond motifs is 9. The molecule has 4 saturated carbocycles. The van der Waals surface area contributed by atoms with Crippen molar-refractivity contribution in [3.05, 3.63) is 23.8 Å². The average Bonchev–Trinajstić information content (AvgIpc) is 3.29. The molecule has 0 aromatic heterocycles. The molecule has 0 saturated heterocycles. The van der Waals surface area contributed by atoms with E-state index in [1.807, 2.05) is 0 Å². The molecule has 26 heavy (non-hydrogen) atoms. The molecule has 8 atom stereocenters. The van der Waals surface area contributed by atoms with Crippen molar-refractivity contribution in [1.29, 1.82) is 0 Å². The summed E-state index contributed by atoms with van der Waals surface area (Å²) in [5, 5.41) is 12.7. The second kappa shape index (κ2) is 4.82. The zero-order chi connectivity index (χ0) is 17.7. The molecule has 0 aromatic rings. The first-order chi connectivity index (χ1) is 12.6. The number of rotatable bonds is 0. The fraction of sp³-hybridized carbons (Fsp3) is 0.727. The molecule has 4 nitrogen and oxygen atoms in total. The lowest BCUT2D eigenvalue weighted by Crippen LogP contribution is -2.53. The number of allylic oxidation sites excluding steroid dienone is 2. The Bertz CT molecular complexity index is 782. The molecule has 4 fully saturated rings. The Labute approximate surface area is 154 Å². The van der Waals surface area contributed by atoms with E-state index < -0.39 is 0 Å². The zero-order valence-corrected chi connectivity index (χ0v) is 15.4.